The van der Waals surface area contributed by atoms with Crippen LogP contribution in [0.15, 0.2) is 28.7 Å². The summed E-state index contributed by atoms with van der Waals surface area (Å²) in [5.41, 5.74) is 1.92. The van der Waals surface area contributed by atoms with E-state index in [1.807, 2.05) is 24.3 Å². The van der Waals surface area contributed by atoms with Crippen LogP contribution in [0.4, 0.5) is 0 Å². The lowest BCUT2D eigenvalue weighted by molar-refractivity contribution is 0.0654. The molecule has 0 atom stereocenters. The van der Waals surface area contributed by atoms with E-state index in [9.17, 15) is 4.79 Å². The van der Waals surface area contributed by atoms with Gasteiger partial charge in [0.25, 0.3) is 0 Å². The van der Waals surface area contributed by atoms with E-state index in [2.05, 4.69) is 17.1 Å². The smallest absolute Gasteiger partial charge is 0.393 e. The molecule has 16 heavy (non-hydrogen) atoms. The third-order valence-electron chi connectivity index (χ3n) is 2.22. The molecule has 0 spiro atoms. The van der Waals surface area contributed by atoms with Crippen LogP contribution in [0.5, 0.6) is 0 Å². The van der Waals surface area contributed by atoms with E-state index in [4.69, 9.17) is 9.52 Å². The van der Waals surface area contributed by atoms with Crippen molar-refractivity contribution in [1.29, 1.82) is 0 Å². The van der Waals surface area contributed by atoms with Gasteiger partial charge in [-0.2, -0.15) is 0 Å². The van der Waals surface area contributed by atoms with Gasteiger partial charge >= 0.3 is 11.9 Å². The number of aromatic nitrogens is 2. The van der Waals surface area contributed by atoms with Gasteiger partial charge in [0.15, 0.2) is 0 Å². The Labute approximate surface area is 91.7 Å². The van der Waals surface area contributed by atoms with Crippen LogP contribution in [0.25, 0.3) is 11.5 Å². The van der Waals surface area contributed by atoms with Gasteiger partial charge in [-0.3, -0.25) is 0 Å². The SMILES string of the molecule is CCc1ccc(-c2nnc(C(=O)O)o2)cc1. The van der Waals surface area contributed by atoms with Crippen molar-refractivity contribution >= 4 is 5.97 Å². The minimum atomic E-state index is -1.22. The summed E-state index contributed by atoms with van der Waals surface area (Å²) in [5, 5.41) is 15.7. The summed E-state index contributed by atoms with van der Waals surface area (Å²) in [6.07, 6.45) is 0.949. The summed E-state index contributed by atoms with van der Waals surface area (Å²) in [4.78, 5) is 10.5. The highest BCUT2D eigenvalue weighted by Gasteiger charge is 2.13. The average Bonchev–Trinajstić information content (AvgIpc) is 2.78. The van der Waals surface area contributed by atoms with Gasteiger partial charge in [-0.15, -0.1) is 10.2 Å². The second kappa shape index (κ2) is 4.14. The van der Waals surface area contributed by atoms with Crippen LogP contribution in [0, 0.1) is 0 Å². The molecule has 0 unspecified atom stereocenters. The van der Waals surface area contributed by atoms with Crippen molar-refractivity contribution in [1.82, 2.24) is 10.2 Å². The predicted octanol–water partition coefficient (Wildman–Crippen LogP) is 2.00. The number of benzene rings is 1. The predicted molar refractivity (Wildman–Crippen MR) is 56.1 cm³/mol. The van der Waals surface area contributed by atoms with E-state index in [1.165, 1.54) is 5.56 Å². The van der Waals surface area contributed by atoms with Crippen molar-refractivity contribution in [2.75, 3.05) is 0 Å². The lowest BCUT2D eigenvalue weighted by Gasteiger charge is -1.97. The van der Waals surface area contributed by atoms with Crippen LogP contribution in [-0.4, -0.2) is 21.3 Å². The Bertz CT molecular complexity index is 502. The molecule has 2 rings (SSSR count). The first-order valence-electron chi connectivity index (χ1n) is 4.87. The molecule has 0 aliphatic heterocycles. The van der Waals surface area contributed by atoms with Crippen molar-refractivity contribution < 1.29 is 14.3 Å². The number of hydrogen-bond donors (Lipinski definition) is 1. The number of nitrogens with zero attached hydrogens (tertiary/aromatic N) is 2. The quantitative estimate of drug-likeness (QED) is 0.852. The van der Waals surface area contributed by atoms with E-state index in [0.29, 0.717) is 0 Å². The number of carbonyl (C=O) groups is 1. The van der Waals surface area contributed by atoms with Crippen molar-refractivity contribution in [3.63, 3.8) is 0 Å². The van der Waals surface area contributed by atoms with Gasteiger partial charge in [-0.1, -0.05) is 19.1 Å². The number of carboxylic acid groups (broad SMARTS) is 1. The normalized spacial score (nSPS) is 10.3. The Morgan fingerprint density at radius 2 is 2.00 bits per heavy atom. The molecule has 0 amide bonds. The molecule has 0 bridgehead atoms. The van der Waals surface area contributed by atoms with E-state index >= 15 is 0 Å². The molecule has 1 N–H and O–H groups in total. The average molecular weight is 218 g/mol. The fourth-order valence-corrected chi connectivity index (χ4v) is 1.31. The van der Waals surface area contributed by atoms with Crippen LogP contribution in [-0.2, 0) is 6.42 Å². The van der Waals surface area contributed by atoms with Crippen LogP contribution in [0.3, 0.4) is 0 Å². The van der Waals surface area contributed by atoms with Crippen LogP contribution in [0.1, 0.15) is 23.2 Å². The second-order valence-corrected chi connectivity index (χ2v) is 3.27. The van der Waals surface area contributed by atoms with E-state index < -0.39 is 11.9 Å². The maximum atomic E-state index is 10.5. The Morgan fingerprint density at radius 1 is 1.31 bits per heavy atom. The van der Waals surface area contributed by atoms with Gasteiger partial charge in [0.2, 0.25) is 5.89 Å². The fraction of sp³-hybridized carbons (Fsp3) is 0.182. The largest absolute Gasteiger partial charge is 0.474 e. The number of aryl methyl sites for hydroxylation is 1. The molecule has 0 fully saturated rings. The first-order chi connectivity index (χ1) is 7.70. The molecule has 0 aliphatic rings. The minimum absolute atomic E-state index is 0.222. The number of carboxylic acids is 1. The highest BCUT2D eigenvalue weighted by Crippen LogP contribution is 2.18. The van der Waals surface area contributed by atoms with Gasteiger partial charge in [0.1, 0.15) is 0 Å². The minimum Gasteiger partial charge on any atom is -0.474 e. The molecule has 5 nitrogen and oxygen atoms in total. The van der Waals surface area contributed by atoms with Crippen molar-refractivity contribution in [3.05, 3.63) is 35.7 Å². The summed E-state index contributed by atoms with van der Waals surface area (Å²) in [6.45, 7) is 2.06. The molecular weight excluding hydrogens is 208 g/mol. The Morgan fingerprint density at radius 3 is 2.50 bits per heavy atom. The summed E-state index contributed by atoms with van der Waals surface area (Å²) in [5.74, 6) is -1.39. The van der Waals surface area contributed by atoms with Crippen LogP contribution in [0.2, 0.25) is 0 Å². The van der Waals surface area contributed by atoms with E-state index in [1.54, 1.807) is 0 Å². The number of rotatable bonds is 3. The first kappa shape index (κ1) is 10.4. The van der Waals surface area contributed by atoms with E-state index in [-0.39, 0.29) is 5.89 Å². The molecule has 1 aromatic heterocycles. The zero-order valence-corrected chi connectivity index (χ0v) is 8.67. The summed E-state index contributed by atoms with van der Waals surface area (Å²) in [6, 6.07) is 7.55. The summed E-state index contributed by atoms with van der Waals surface area (Å²) in [7, 11) is 0. The van der Waals surface area contributed by atoms with Crippen molar-refractivity contribution in [2.45, 2.75) is 13.3 Å². The van der Waals surface area contributed by atoms with Gasteiger partial charge in [-0.05, 0) is 24.1 Å². The molecule has 82 valence electrons. The highest BCUT2D eigenvalue weighted by molar-refractivity contribution is 5.82. The van der Waals surface area contributed by atoms with Crippen LogP contribution >= 0.6 is 0 Å². The first-order valence-corrected chi connectivity index (χ1v) is 4.87. The molecule has 0 radical (unpaired) electrons. The lowest BCUT2D eigenvalue weighted by atomic mass is 10.1. The van der Waals surface area contributed by atoms with E-state index in [0.717, 1.165) is 12.0 Å². The monoisotopic (exact) mass is 218 g/mol. The summed E-state index contributed by atoms with van der Waals surface area (Å²) < 4.78 is 4.98. The molecule has 5 heteroatoms. The van der Waals surface area contributed by atoms with Crippen LogP contribution < -0.4 is 0 Å². The maximum absolute atomic E-state index is 10.5. The molecule has 1 heterocycles. The molecule has 0 saturated heterocycles. The van der Waals surface area contributed by atoms with Gasteiger partial charge in [-0.25, -0.2) is 4.79 Å². The molecule has 0 aliphatic carbocycles. The summed E-state index contributed by atoms with van der Waals surface area (Å²) >= 11 is 0. The Balaban J connectivity index is 2.31. The number of aromatic carboxylic acids is 1. The van der Waals surface area contributed by atoms with Gasteiger partial charge in [0.05, 0.1) is 0 Å². The fourth-order valence-electron chi connectivity index (χ4n) is 1.31. The lowest BCUT2D eigenvalue weighted by Crippen LogP contribution is -1.95. The van der Waals surface area contributed by atoms with Crippen molar-refractivity contribution in [2.24, 2.45) is 0 Å². The van der Waals surface area contributed by atoms with Gasteiger partial charge in [0, 0.05) is 5.56 Å². The molecule has 0 saturated carbocycles. The standard InChI is InChI=1S/C11H10N2O3/c1-2-7-3-5-8(6-4-7)9-12-13-10(16-9)11(14)15/h3-6H,2H2,1H3,(H,14,15). The topological polar surface area (TPSA) is 76.2 Å². The third-order valence-corrected chi connectivity index (χ3v) is 2.22. The Hall–Kier alpha value is -2.17. The zero-order valence-electron chi connectivity index (χ0n) is 8.67. The zero-order chi connectivity index (χ0) is 11.5. The molecule has 2 aromatic rings. The van der Waals surface area contributed by atoms with Gasteiger partial charge < -0.3 is 9.52 Å². The number of hydrogen-bond acceptors (Lipinski definition) is 4. The second-order valence-electron chi connectivity index (χ2n) is 3.27. The third kappa shape index (κ3) is 1.93. The maximum Gasteiger partial charge on any atom is 0.393 e. The highest BCUT2D eigenvalue weighted by atomic mass is 16.4. The molecule has 1 aromatic carbocycles. The van der Waals surface area contributed by atoms with Crippen molar-refractivity contribution in [3.8, 4) is 11.5 Å². The molecular formula is C11H10N2O3. The Kier molecular flexibility index (Phi) is 2.68.